The predicted molar refractivity (Wildman–Crippen MR) is 66.8 cm³/mol. The van der Waals surface area contributed by atoms with Crippen molar-refractivity contribution in [2.24, 2.45) is 17.6 Å². The maximum absolute atomic E-state index is 12.1. The summed E-state index contributed by atoms with van der Waals surface area (Å²) in [5.41, 5.74) is 5.29. The van der Waals surface area contributed by atoms with E-state index in [-0.39, 0.29) is 17.9 Å². The van der Waals surface area contributed by atoms with E-state index in [4.69, 9.17) is 10.8 Å². The van der Waals surface area contributed by atoms with Crippen LogP contribution in [-0.4, -0.2) is 28.6 Å². The van der Waals surface area contributed by atoms with E-state index in [1.165, 1.54) is 0 Å². The Balaban J connectivity index is 1.81. The molecular weight excluding hydrogens is 232 g/mol. The molecule has 4 N–H and O–H groups in total. The van der Waals surface area contributed by atoms with Crippen molar-refractivity contribution in [3.05, 3.63) is 0 Å². The molecule has 0 aliphatic heterocycles. The van der Waals surface area contributed by atoms with Gasteiger partial charge in [0.1, 0.15) is 0 Å². The number of rotatable bonds is 4. The second-order valence-electron chi connectivity index (χ2n) is 5.92. The summed E-state index contributed by atoms with van der Waals surface area (Å²) in [5, 5.41) is 11.9. The smallest absolute Gasteiger partial charge is 0.306 e. The fourth-order valence-corrected chi connectivity index (χ4v) is 2.69. The van der Waals surface area contributed by atoms with Crippen LogP contribution in [0.5, 0.6) is 0 Å². The van der Waals surface area contributed by atoms with Crippen LogP contribution < -0.4 is 11.1 Å². The SMILES string of the molecule is CC(N)(C(=O)NC1CCC(C(=O)O)CC1)C1CC1. The van der Waals surface area contributed by atoms with Gasteiger partial charge in [0.25, 0.3) is 0 Å². The molecule has 18 heavy (non-hydrogen) atoms. The van der Waals surface area contributed by atoms with Gasteiger partial charge in [-0.3, -0.25) is 9.59 Å². The number of nitrogens with one attached hydrogen (secondary N) is 1. The Kier molecular flexibility index (Phi) is 3.61. The highest BCUT2D eigenvalue weighted by Gasteiger charge is 2.44. The summed E-state index contributed by atoms with van der Waals surface area (Å²) in [6, 6.07) is 0.0923. The fourth-order valence-electron chi connectivity index (χ4n) is 2.69. The number of hydrogen-bond acceptors (Lipinski definition) is 3. The van der Waals surface area contributed by atoms with Crippen molar-refractivity contribution in [2.75, 3.05) is 0 Å². The lowest BCUT2D eigenvalue weighted by Gasteiger charge is -2.31. The molecule has 0 radical (unpaired) electrons. The van der Waals surface area contributed by atoms with Crippen molar-refractivity contribution in [3.8, 4) is 0 Å². The van der Waals surface area contributed by atoms with E-state index in [0.717, 1.165) is 25.7 Å². The van der Waals surface area contributed by atoms with Crippen LogP contribution in [0.1, 0.15) is 45.4 Å². The zero-order chi connectivity index (χ0) is 13.3. The molecule has 1 unspecified atom stereocenters. The van der Waals surface area contributed by atoms with Crippen molar-refractivity contribution in [1.82, 2.24) is 5.32 Å². The third-order valence-corrected chi connectivity index (χ3v) is 4.33. The minimum Gasteiger partial charge on any atom is -0.481 e. The summed E-state index contributed by atoms with van der Waals surface area (Å²) >= 11 is 0. The van der Waals surface area contributed by atoms with E-state index in [0.29, 0.717) is 18.8 Å². The van der Waals surface area contributed by atoms with Gasteiger partial charge in [-0.05, 0) is 51.4 Å². The molecule has 0 spiro atoms. The quantitative estimate of drug-likeness (QED) is 0.694. The monoisotopic (exact) mass is 254 g/mol. The Morgan fingerprint density at radius 3 is 2.17 bits per heavy atom. The summed E-state index contributed by atoms with van der Waals surface area (Å²) < 4.78 is 0. The largest absolute Gasteiger partial charge is 0.481 e. The van der Waals surface area contributed by atoms with Gasteiger partial charge >= 0.3 is 5.97 Å². The average Bonchev–Trinajstić information content (AvgIpc) is 3.13. The van der Waals surface area contributed by atoms with Crippen molar-refractivity contribution >= 4 is 11.9 Å². The molecule has 0 bridgehead atoms. The number of hydrogen-bond donors (Lipinski definition) is 3. The summed E-state index contributed by atoms with van der Waals surface area (Å²) in [6.45, 7) is 1.79. The third-order valence-electron chi connectivity index (χ3n) is 4.33. The Morgan fingerprint density at radius 1 is 1.17 bits per heavy atom. The van der Waals surface area contributed by atoms with E-state index < -0.39 is 11.5 Å². The molecule has 2 aliphatic rings. The molecule has 2 fully saturated rings. The minimum absolute atomic E-state index is 0.0798. The Hall–Kier alpha value is -1.10. The molecule has 2 saturated carbocycles. The van der Waals surface area contributed by atoms with E-state index in [9.17, 15) is 9.59 Å². The number of aliphatic carboxylic acids is 1. The van der Waals surface area contributed by atoms with Crippen molar-refractivity contribution < 1.29 is 14.7 Å². The second-order valence-corrected chi connectivity index (χ2v) is 5.92. The first-order chi connectivity index (χ1) is 8.41. The van der Waals surface area contributed by atoms with Crippen molar-refractivity contribution in [1.29, 1.82) is 0 Å². The lowest BCUT2D eigenvalue weighted by atomic mass is 9.85. The van der Waals surface area contributed by atoms with Gasteiger partial charge < -0.3 is 16.2 Å². The van der Waals surface area contributed by atoms with Crippen LogP contribution >= 0.6 is 0 Å². The number of carboxylic acids is 1. The molecule has 0 heterocycles. The molecule has 102 valence electrons. The van der Waals surface area contributed by atoms with Crippen molar-refractivity contribution in [2.45, 2.75) is 57.0 Å². The molecule has 0 aromatic rings. The molecule has 1 amide bonds. The molecule has 1 atom stereocenters. The molecule has 5 heteroatoms. The highest BCUT2D eigenvalue weighted by Crippen LogP contribution is 2.38. The topological polar surface area (TPSA) is 92.4 Å². The standard InChI is InChI=1S/C13H22N2O3/c1-13(14,9-4-5-9)12(18)15-10-6-2-8(3-7-10)11(16)17/h8-10H,2-7,14H2,1H3,(H,15,18)(H,16,17). The molecular formula is C13H22N2O3. The van der Waals surface area contributed by atoms with E-state index >= 15 is 0 Å². The molecule has 0 saturated heterocycles. The Bertz CT molecular complexity index is 342. The van der Waals surface area contributed by atoms with Crippen LogP contribution in [0, 0.1) is 11.8 Å². The third kappa shape index (κ3) is 2.83. The molecule has 2 aliphatic carbocycles. The lowest BCUT2D eigenvalue weighted by molar-refractivity contribution is -0.142. The number of carboxylic acid groups (broad SMARTS) is 1. The van der Waals surface area contributed by atoms with Crippen LogP contribution in [0.3, 0.4) is 0 Å². The van der Waals surface area contributed by atoms with Crippen molar-refractivity contribution in [3.63, 3.8) is 0 Å². The molecule has 5 nitrogen and oxygen atoms in total. The van der Waals surface area contributed by atoms with Gasteiger partial charge in [-0.25, -0.2) is 0 Å². The maximum Gasteiger partial charge on any atom is 0.306 e. The zero-order valence-electron chi connectivity index (χ0n) is 10.8. The maximum atomic E-state index is 12.1. The van der Waals surface area contributed by atoms with E-state index in [1.807, 2.05) is 0 Å². The Morgan fingerprint density at radius 2 is 1.72 bits per heavy atom. The fraction of sp³-hybridized carbons (Fsp3) is 0.846. The first-order valence-electron chi connectivity index (χ1n) is 6.74. The molecule has 0 aromatic heterocycles. The highest BCUT2D eigenvalue weighted by atomic mass is 16.4. The van der Waals surface area contributed by atoms with E-state index in [2.05, 4.69) is 5.32 Å². The highest BCUT2D eigenvalue weighted by molar-refractivity contribution is 5.86. The predicted octanol–water partition coefficient (Wildman–Crippen LogP) is 0.873. The average molecular weight is 254 g/mol. The van der Waals surface area contributed by atoms with Gasteiger partial charge in [-0.15, -0.1) is 0 Å². The summed E-state index contributed by atoms with van der Waals surface area (Å²) in [4.78, 5) is 22.9. The first-order valence-corrected chi connectivity index (χ1v) is 6.74. The number of carbonyl (C=O) groups is 2. The normalized spacial score (nSPS) is 31.4. The van der Waals surface area contributed by atoms with Gasteiger partial charge in [0.15, 0.2) is 0 Å². The van der Waals surface area contributed by atoms with Crippen LogP contribution in [0.4, 0.5) is 0 Å². The lowest BCUT2D eigenvalue weighted by Crippen LogP contribution is -2.56. The summed E-state index contributed by atoms with van der Waals surface area (Å²) in [5.74, 6) is -0.733. The van der Waals surface area contributed by atoms with Crippen LogP contribution in [0.15, 0.2) is 0 Å². The van der Waals surface area contributed by atoms with Gasteiger partial charge in [-0.1, -0.05) is 0 Å². The zero-order valence-corrected chi connectivity index (χ0v) is 10.8. The number of nitrogens with two attached hydrogens (primary N) is 1. The molecule has 2 rings (SSSR count). The van der Waals surface area contributed by atoms with Gasteiger partial charge in [0.05, 0.1) is 11.5 Å². The Labute approximate surface area is 107 Å². The number of carbonyl (C=O) groups excluding carboxylic acids is 1. The second kappa shape index (κ2) is 4.88. The van der Waals surface area contributed by atoms with E-state index in [1.54, 1.807) is 6.92 Å². The van der Waals surface area contributed by atoms with Gasteiger partial charge in [0, 0.05) is 6.04 Å². The summed E-state index contributed by atoms with van der Waals surface area (Å²) in [6.07, 6.45) is 4.83. The first kappa shape index (κ1) is 13.3. The van der Waals surface area contributed by atoms with Gasteiger partial charge in [-0.2, -0.15) is 0 Å². The van der Waals surface area contributed by atoms with Crippen LogP contribution in [0.2, 0.25) is 0 Å². The van der Waals surface area contributed by atoms with Gasteiger partial charge in [0.2, 0.25) is 5.91 Å². The summed E-state index contributed by atoms with van der Waals surface area (Å²) in [7, 11) is 0. The number of amides is 1. The van der Waals surface area contributed by atoms with Crippen LogP contribution in [0.25, 0.3) is 0 Å². The molecule has 0 aromatic carbocycles. The minimum atomic E-state index is -0.760. The van der Waals surface area contributed by atoms with Crippen LogP contribution in [-0.2, 0) is 9.59 Å².